The number of nitrogens with two attached hydrogens (primary N) is 1. The Labute approximate surface area is 117 Å². The van der Waals surface area contributed by atoms with Crippen molar-refractivity contribution >= 4 is 27.5 Å². The molecule has 1 aromatic carbocycles. The van der Waals surface area contributed by atoms with Crippen molar-refractivity contribution in [1.29, 1.82) is 0 Å². The molecule has 0 saturated carbocycles. The lowest BCUT2D eigenvalue weighted by atomic mass is 10.1. The monoisotopic (exact) mass is 304 g/mol. The molecule has 0 aliphatic carbocycles. The number of benzene rings is 1. The van der Waals surface area contributed by atoms with Gasteiger partial charge in [0.15, 0.2) is 0 Å². The van der Waals surface area contributed by atoms with E-state index in [1.807, 2.05) is 11.8 Å². The molecule has 4 nitrogen and oxygen atoms in total. The van der Waals surface area contributed by atoms with Gasteiger partial charge in [0.1, 0.15) is 5.82 Å². The van der Waals surface area contributed by atoms with E-state index < -0.39 is 15.8 Å². The van der Waals surface area contributed by atoms with Crippen molar-refractivity contribution in [2.75, 3.05) is 23.8 Å². The Bertz CT molecular complexity index is 569. The van der Waals surface area contributed by atoms with E-state index in [1.54, 1.807) is 6.92 Å². The average Bonchev–Trinajstić information content (AvgIpc) is 2.84. The lowest BCUT2D eigenvalue weighted by Crippen LogP contribution is -2.30. The summed E-state index contributed by atoms with van der Waals surface area (Å²) in [5, 5.41) is 0. The van der Waals surface area contributed by atoms with Gasteiger partial charge < -0.3 is 5.73 Å². The predicted octanol–water partition coefficient (Wildman–Crippen LogP) is 1.75. The summed E-state index contributed by atoms with van der Waals surface area (Å²) < 4.78 is 40.2. The van der Waals surface area contributed by atoms with E-state index in [2.05, 4.69) is 4.72 Å². The molecule has 19 heavy (non-hydrogen) atoms. The maximum absolute atomic E-state index is 13.2. The van der Waals surface area contributed by atoms with E-state index in [1.165, 1.54) is 6.07 Å². The van der Waals surface area contributed by atoms with Crippen LogP contribution >= 0.6 is 11.8 Å². The van der Waals surface area contributed by atoms with Crippen molar-refractivity contribution in [3.8, 4) is 0 Å². The highest BCUT2D eigenvalue weighted by Crippen LogP contribution is 2.24. The Kier molecular flexibility index (Phi) is 4.37. The maximum Gasteiger partial charge on any atom is 0.240 e. The summed E-state index contributed by atoms with van der Waals surface area (Å²) in [7, 11) is -3.62. The first-order chi connectivity index (χ1) is 8.90. The lowest BCUT2D eigenvalue weighted by molar-refractivity contribution is 0.545. The summed E-state index contributed by atoms with van der Waals surface area (Å²) in [5.74, 6) is 1.84. The van der Waals surface area contributed by atoms with Gasteiger partial charge in [-0.25, -0.2) is 17.5 Å². The van der Waals surface area contributed by atoms with Crippen molar-refractivity contribution in [1.82, 2.24) is 4.72 Å². The van der Waals surface area contributed by atoms with E-state index in [0.29, 0.717) is 18.0 Å². The summed E-state index contributed by atoms with van der Waals surface area (Å²) in [5.41, 5.74) is 5.64. The molecule has 0 amide bonds. The molecule has 0 spiro atoms. The fourth-order valence-electron chi connectivity index (χ4n) is 2.01. The minimum absolute atomic E-state index is 0.0528. The summed E-state index contributed by atoms with van der Waals surface area (Å²) in [6, 6.07) is 2.33. The van der Waals surface area contributed by atoms with Gasteiger partial charge in [0.05, 0.1) is 10.6 Å². The van der Waals surface area contributed by atoms with Crippen LogP contribution in [0.15, 0.2) is 17.0 Å². The molecule has 1 heterocycles. The van der Waals surface area contributed by atoms with Crippen LogP contribution in [0.3, 0.4) is 0 Å². The molecule has 1 aliphatic heterocycles. The van der Waals surface area contributed by atoms with Crippen LogP contribution in [-0.4, -0.2) is 26.5 Å². The van der Waals surface area contributed by atoms with Crippen molar-refractivity contribution in [2.24, 2.45) is 5.92 Å². The number of halogens is 1. The second kappa shape index (κ2) is 5.68. The normalized spacial score (nSPS) is 19.8. The zero-order valence-corrected chi connectivity index (χ0v) is 12.3. The second-order valence-electron chi connectivity index (χ2n) is 4.72. The van der Waals surface area contributed by atoms with Gasteiger partial charge in [0.25, 0.3) is 0 Å². The Morgan fingerprint density at radius 1 is 1.53 bits per heavy atom. The molecule has 7 heteroatoms. The first kappa shape index (κ1) is 14.6. The second-order valence-corrected chi connectivity index (χ2v) is 7.61. The summed E-state index contributed by atoms with van der Waals surface area (Å²) >= 11 is 1.83. The molecule has 1 unspecified atom stereocenters. The number of hydrogen-bond donors (Lipinski definition) is 2. The number of anilines is 1. The average molecular weight is 304 g/mol. The standard InChI is InChI=1S/C12H17FN2O2S2/c1-8-4-10(13)11(14)5-12(8)19(16,17)15-6-9-2-3-18-7-9/h4-5,9,15H,2-3,6-7,14H2,1H3. The molecule has 0 bridgehead atoms. The predicted molar refractivity (Wildman–Crippen MR) is 76.2 cm³/mol. The number of nitrogen functional groups attached to an aromatic ring is 1. The summed E-state index contributed by atoms with van der Waals surface area (Å²) in [6.07, 6.45) is 1.03. The van der Waals surface area contributed by atoms with E-state index in [9.17, 15) is 12.8 Å². The minimum Gasteiger partial charge on any atom is -0.396 e. The highest BCUT2D eigenvalue weighted by atomic mass is 32.2. The number of hydrogen-bond acceptors (Lipinski definition) is 4. The summed E-state index contributed by atoms with van der Waals surface area (Å²) in [6.45, 7) is 1.98. The van der Waals surface area contributed by atoms with Crippen LogP contribution in [0.5, 0.6) is 0 Å². The van der Waals surface area contributed by atoms with Gasteiger partial charge in [-0.3, -0.25) is 0 Å². The highest BCUT2D eigenvalue weighted by molar-refractivity contribution is 7.99. The third kappa shape index (κ3) is 3.40. The first-order valence-corrected chi connectivity index (χ1v) is 8.67. The summed E-state index contributed by atoms with van der Waals surface area (Å²) in [4.78, 5) is 0.0528. The SMILES string of the molecule is Cc1cc(F)c(N)cc1S(=O)(=O)NCC1CCSC1. The molecule has 2 rings (SSSR count). The van der Waals surface area contributed by atoms with Gasteiger partial charge in [-0.05, 0) is 48.5 Å². The zero-order chi connectivity index (χ0) is 14.0. The molecule has 0 radical (unpaired) electrons. The van der Waals surface area contributed by atoms with Crippen LogP contribution in [0.25, 0.3) is 0 Å². The smallest absolute Gasteiger partial charge is 0.240 e. The molecule has 1 aromatic rings. The molecular weight excluding hydrogens is 287 g/mol. The van der Waals surface area contributed by atoms with Gasteiger partial charge in [0, 0.05) is 6.54 Å². The Balaban J connectivity index is 2.16. The number of thioether (sulfide) groups is 1. The van der Waals surface area contributed by atoms with Crippen LogP contribution in [0.1, 0.15) is 12.0 Å². The topological polar surface area (TPSA) is 72.2 Å². The number of rotatable bonds is 4. The fourth-order valence-corrected chi connectivity index (χ4v) is 4.67. The highest BCUT2D eigenvalue weighted by Gasteiger charge is 2.22. The van der Waals surface area contributed by atoms with Crippen LogP contribution in [0.4, 0.5) is 10.1 Å². The van der Waals surface area contributed by atoms with Crippen molar-refractivity contribution < 1.29 is 12.8 Å². The van der Waals surface area contributed by atoms with E-state index in [4.69, 9.17) is 5.73 Å². The Morgan fingerprint density at radius 2 is 2.26 bits per heavy atom. The molecule has 1 aliphatic rings. The molecule has 3 N–H and O–H groups in total. The van der Waals surface area contributed by atoms with Crippen LogP contribution < -0.4 is 10.5 Å². The zero-order valence-electron chi connectivity index (χ0n) is 10.6. The minimum atomic E-state index is -3.62. The van der Waals surface area contributed by atoms with E-state index in [-0.39, 0.29) is 10.6 Å². The van der Waals surface area contributed by atoms with E-state index >= 15 is 0 Å². The van der Waals surface area contributed by atoms with Crippen LogP contribution in [-0.2, 0) is 10.0 Å². The van der Waals surface area contributed by atoms with Crippen molar-refractivity contribution in [3.63, 3.8) is 0 Å². The number of sulfonamides is 1. The molecule has 1 saturated heterocycles. The molecule has 1 fully saturated rings. The van der Waals surface area contributed by atoms with Crippen molar-refractivity contribution in [3.05, 3.63) is 23.5 Å². The van der Waals surface area contributed by atoms with Gasteiger partial charge in [0.2, 0.25) is 10.0 Å². The molecular formula is C12H17FN2O2S2. The molecule has 1 atom stereocenters. The number of aryl methyl sites for hydroxylation is 1. The van der Waals surface area contributed by atoms with Gasteiger partial charge >= 0.3 is 0 Å². The number of nitrogens with one attached hydrogen (secondary N) is 1. The van der Waals surface area contributed by atoms with Gasteiger partial charge in [-0.15, -0.1) is 0 Å². The maximum atomic E-state index is 13.2. The van der Waals surface area contributed by atoms with Crippen molar-refractivity contribution in [2.45, 2.75) is 18.2 Å². The third-order valence-electron chi connectivity index (χ3n) is 3.17. The largest absolute Gasteiger partial charge is 0.396 e. The van der Waals surface area contributed by atoms with Gasteiger partial charge in [-0.2, -0.15) is 11.8 Å². The Morgan fingerprint density at radius 3 is 2.89 bits per heavy atom. The quantitative estimate of drug-likeness (QED) is 0.831. The first-order valence-electron chi connectivity index (χ1n) is 6.03. The fraction of sp³-hybridized carbons (Fsp3) is 0.500. The lowest BCUT2D eigenvalue weighted by Gasteiger charge is -2.13. The third-order valence-corrected chi connectivity index (χ3v) is 5.97. The molecule has 0 aromatic heterocycles. The molecule has 106 valence electrons. The van der Waals surface area contributed by atoms with Crippen LogP contribution in [0.2, 0.25) is 0 Å². The Hall–Kier alpha value is -0.790. The van der Waals surface area contributed by atoms with Crippen LogP contribution in [0, 0.1) is 18.7 Å². The van der Waals surface area contributed by atoms with Gasteiger partial charge in [-0.1, -0.05) is 0 Å². The van der Waals surface area contributed by atoms with E-state index in [0.717, 1.165) is 24.0 Å².